The van der Waals surface area contributed by atoms with Crippen molar-refractivity contribution in [3.05, 3.63) is 59.8 Å². The largest absolute Gasteiger partial charge is 0.495 e. The Morgan fingerprint density at radius 1 is 1.17 bits per heavy atom. The molecule has 0 aliphatic carbocycles. The zero-order valence-corrected chi connectivity index (χ0v) is 13.6. The molecule has 4 rings (SSSR count). The molecule has 4 heterocycles. The Morgan fingerprint density at radius 3 is 2.79 bits per heavy atom. The Balaban J connectivity index is 1.76. The minimum atomic E-state index is -0.309. The predicted octanol–water partition coefficient (Wildman–Crippen LogP) is 2.30. The number of imidazole rings is 1. The first kappa shape index (κ1) is 14.7. The van der Waals surface area contributed by atoms with E-state index >= 15 is 0 Å². The summed E-state index contributed by atoms with van der Waals surface area (Å²) in [5.41, 5.74) is 9.02. The average Bonchev–Trinajstić information content (AvgIpc) is 3.22. The van der Waals surface area contributed by atoms with Crippen molar-refractivity contribution in [1.82, 2.24) is 24.6 Å². The van der Waals surface area contributed by atoms with Crippen LogP contribution in [0, 0.1) is 0 Å². The highest BCUT2D eigenvalue weighted by Gasteiger charge is 2.18. The molecule has 7 nitrogen and oxygen atoms in total. The summed E-state index contributed by atoms with van der Waals surface area (Å²) in [6.07, 6.45) is 8.64. The lowest BCUT2D eigenvalue weighted by Gasteiger charge is -2.07. The number of aromatic nitrogens is 5. The number of hydrogen-bond acceptors (Lipinski definition) is 7. The van der Waals surface area contributed by atoms with E-state index in [0.29, 0.717) is 5.75 Å². The Bertz CT molecular complexity index is 981. The van der Waals surface area contributed by atoms with Crippen LogP contribution in [-0.4, -0.2) is 31.7 Å². The van der Waals surface area contributed by atoms with Crippen molar-refractivity contribution in [2.24, 2.45) is 5.73 Å². The lowest BCUT2D eigenvalue weighted by Crippen LogP contribution is -2.12. The summed E-state index contributed by atoms with van der Waals surface area (Å²) in [5.74, 6) is 0.686. The van der Waals surface area contributed by atoms with E-state index in [4.69, 9.17) is 10.5 Å². The third kappa shape index (κ3) is 2.51. The minimum Gasteiger partial charge on any atom is -0.495 e. The van der Waals surface area contributed by atoms with Crippen LogP contribution >= 0.6 is 11.3 Å². The maximum atomic E-state index is 6.32. The molecule has 0 radical (unpaired) electrons. The van der Waals surface area contributed by atoms with Gasteiger partial charge in [-0.2, -0.15) is 5.10 Å². The molecule has 4 aromatic rings. The Labute approximate surface area is 141 Å². The normalized spacial score (nSPS) is 12.4. The van der Waals surface area contributed by atoms with Crippen LogP contribution in [-0.2, 0) is 0 Å². The molecule has 24 heavy (non-hydrogen) atoms. The Morgan fingerprint density at radius 2 is 2.00 bits per heavy atom. The van der Waals surface area contributed by atoms with Gasteiger partial charge < -0.3 is 10.5 Å². The molecule has 0 saturated heterocycles. The first-order valence-corrected chi connectivity index (χ1v) is 8.07. The van der Waals surface area contributed by atoms with Crippen molar-refractivity contribution in [3.8, 4) is 17.0 Å². The van der Waals surface area contributed by atoms with Crippen molar-refractivity contribution in [2.45, 2.75) is 6.04 Å². The van der Waals surface area contributed by atoms with Gasteiger partial charge in [-0.3, -0.25) is 9.97 Å². The second-order valence-corrected chi connectivity index (χ2v) is 6.14. The van der Waals surface area contributed by atoms with E-state index in [1.807, 2.05) is 18.2 Å². The molecule has 0 amide bonds. The molecule has 120 valence electrons. The van der Waals surface area contributed by atoms with Crippen LogP contribution in [0.2, 0.25) is 0 Å². The molecule has 0 aliphatic heterocycles. The molecule has 0 aromatic carbocycles. The number of methoxy groups -OCH3 is 1. The smallest absolute Gasteiger partial charge is 0.212 e. The van der Waals surface area contributed by atoms with Gasteiger partial charge in [0.1, 0.15) is 10.8 Å². The monoisotopic (exact) mass is 338 g/mol. The predicted molar refractivity (Wildman–Crippen MR) is 90.9 cm³/mol. The van der Waals surface area contributed by atoms with Crippen LogP contribution < -0.4 is 10.5 Å². The zero-order chi connectivity index (χ0) is 16.5. The van der Waals surface area contributed by atoms with E-state index in [0.717, 1.165) is 26.8 Å². The third-order valence-electron chi connectivity index (χ3n) is 3.68. The van der Waals surface area contributed by atoms with Crippen LogP contribution in [0.4, 0.5) is 0 Å². The lowest BCUT2D eigenvalue weighted by molar-refractivity contribution is 0.413. The summed E-state index contributed by atoms with van der Waals surface area (Å²) in [5, 5.41) is 5.43. The Hall–Kier alpha value is -2.84. The van der Waals surface area contributed by atoms with Gasteiger partial charge in [-0.25, -0.2) is 9.50 Å². The van der Waals surface area contributed by atoms with Gasteiger partial charge in [-0.05, 0) is 23.8 Å². The van der Waals surface area contributed by atoms with Crippen molar-refractivity contribution in [3.63, 3.8) is 0 Å². The fourth-order valence-electron chi connectivity index (χ4n) is 2.41. The molecule has 0 saturated carbocycles. The van der Waals surface area contributed by atoms with E-state index in [-0.39, 0.29) is 6.04 Å². The van der Waals surface area contributed by atoms with Crippen molar-refractivity contribution in [1.29, 1.82) is 0 Å². The molecule has 2 N–H and O–H groups in total. The highest BCUT2D eigenvalue weighted by Crippen LogP contribution is 2.29. The number of pyridine rings is 2. The van der Waals surface area contributed by atoms with Crippen LogP contribution in [0.3, 0.4) is 0 Å². The summed E-state index contributed by atoms with van der Waals surface area (Å²) in [6.45, 7) is 0. The van der Waals surface area contributed by atoms with Crippen molar-refractivity contribution < 1.29 is 4.74 Å². The number of fused-ring (bicyclic) bond motifs is 1. The maximum absolute atomic E-state index is 6.32. The van der Waals surface area contributed by atoms with Gasteiger partial charge in [-0.15, -0.1) is 0 Å². The SMILES string of the molecule is COc1cncc(-c2cnc3sc(C(N)c4ccncc4)nn23)c1. The molecule has 0 fully saturated rings. The number of rotatable bonds is 4. The van der Waals surface area contributed by atoms with Gasteiger partial charge in [0, 0.05) is 24.2 Å². The molecular formula is C16H14N6OS. The maximum Gasteiger partial charge on any atom is 0.212 e. The fourth-order valence-corrected chi connectivity index (χ4v) is 3.32. The molecule has 0 spiro atoms. The first-order chi connectivity index (χ1) is 11.8. The number of nitrogens with zero attached hydrogens (tertiary/aromatic N) is 5. The van der Waals surface area contributed by atoms with E-state index in [1.165, 1.54) is 11.3 Å². The van der Waals surface area contributed by atoms with Crippen LogP contribution in [0.1, 0.15) is 16.6 Å². The summed E-state index contributed by atoms with van der Waals surface area (Å²) in [7, 11) is 1.61. The number of nitrogens with two attached hydrogens (primary N) is 1. The van der Waals surface area contributed by atoms with Gasteiger partial charge in [-0.1, -0.05) is 11.3 Å². The summed E-state index contributed by atoms with van der Waals surface area (Å²) in [4.78, 5) is 13.4. The van der Waals surface area contributed by atoms with Gasteiger partial charge in [0.05, 0.1) is 31.2 Å². The highest BCUT2D eigenvalue weighted by molar-refractivity contribution is 7.16. The fraction of sp³-hybridized carbons (Fsp3) is 0.125. The summed E-state index contributed by atoms with van der Waals surface area (Å²) < 4.78 is 7.02. The van der Waals surface area contributed by atoms with Crippen molar-refractivity contribution in [2.75, 3.05) is 7.11 Å². The molecular weight excluding hydrogens is 324 g/mol. The highest BCUT2D eigenvalue weighted by atomic mass is 32.1. The van der Waals surface area contributed by atoms with Gasteiger partial charge in [0.25, 0.3) is 0 Å². The van der Waals surface area contributed by atoms with Gasteiger partial charge >= 0.3 is 0 Å². The van der Waals surface area contributed by atoms with Crippen LogP contribution in [0.25, 0.3) is 16.2 Å². The third-order valence-corrected chi connectivity index (χ3v) is 4.68. The minimum absolute atomic E-state index is 0.309. The molecule has 0 bridgehead atoms. The van der Waals surface area contributed by atoms with E-state index in [9.17, 15) is 0 Å². The zero-order valence-electron chi connectivity index (χ0n) is 12.8. The molecule has 4 aromatic heterocycles. The summed E-state index contributed by atoms with van der Waals surface area (Å²) in [6, 6.07) is 5.37. The number of hydrogen-bond donors (Lipinski definition) is 1. The topological polar surface area (TPSA) is 91.2 Å². The quantitative estimate of drug-likeness (QED) is 0.614. The van der Waals surface area contributed by atoms with Gasteiger partial charge in [0.15, 0.2) is 0 Å². The second-order valence-electron chi connectivity index (χ2n) is 5.15. The molecule has 8 heteroatoms. The number of ether oxygens (including phenoxy) is 1. The van der Waals surface area contributed by atoms with E-state index in [2.05, 4.69) is 20.1 Å². The van der Waals surface area contributed by atoms with E-state index < -0.39 is 0 Å². The molecule has 1 unspecified atom stereocenters. The first-order valence-electron chi connectivity index (χ1n) is 7.25. The molecule has 1 atom stereocenters. The summed E-state index contributed by atoms with van der Waals surface area (Å²) >= 11 is 1.47. The van der Waals surface area contributed by atoms with Crippen LogP contribution in [0.5, 0.6) is 5.75 Å². The average molecular weight is 338 g/mol. The van der Waals surface area contributed by atoms with Gasteiger partial charge in [0.2, 0.25) is 4.96 Å². The van der Waals surface area contributed by atoms with Crippen LogP contribution in [0.15, 0.2) is 49.2 Å². The van der Waals surface area contributed by atoms with E-state index in [1.54, 1.807) is 42.6 Å². The Kier molecular flexibility index (Phi) is 3.68. The second kappa shape index (κ2) is 5.99. The standard InChI is InChI=1S/C16H14N6OS/c1-23-12-6-11(7-19-8-12)13-9-20-16-22(13)21-15(24-16)14(17)10-2-4-18-5-3-10/h2-9,14H,17H2,1H3. The molecule has 0 aliphatic rings. The lowest BCUT2D eigenvalue weighted by atomic mass is 10.1. The van der Waals surface area contributed by atoms with Crippen molar-refractivity contribution >= 4 is 16.3 Å².